The molecule has 2 aromatic rings. The van der Waals surface area contributed by atoms with Crippen LogP contribution in [0.1, 0.15) is 0 Å². The van der Waals surface area contributed by atoms with Gasteiger partial charge in [0.2, 0.25) is 0 Å². The Morgan fingerprint density at radius 1 is 1.42 bits per heavy atom. The highest BCUT2D eigenvalue weighted by molar-refractivity contribution is 14.1. The molecular weight excluding hydrogens is 307 g/mol. The first-order valence-electron chi connectivity index (χ1n) is 3.25. The second-order valence-corrected chi connectivity index (χ2v) is 5.58. The SMILES string of the molecule is Oc1c(I)sc2c(Cl)cccc12. The van der Waals surface area contributed by atoms with Crippen LogP contribution in [0.4, 0.5) is 0 Å². The largest absolute Gasteiger partial charge is 0.505 e. The minimum absolute atomic E-state index is 0.345. The summed E-state index contributed by atoms with van der Waals surface area (Å²) in [4.78, 5) is 0. The summed E-state index contributed by atoms with van der Waals surface area (Å²) in [7, 11) is 0. The summed E-state index contributed by atoms with van der Waals surface area (Å²) >= 11 is 9.55. The molecule has 1 nitrogen and oxygen atoms in total. The Balaban J connectivity index is 2.95. The van der Waals surface area contributed by atoms with E-state index in [0.29, 0.717) is 10.8 Å². The first-order chi connectivity index (χ1) is 5.70. The van der Waals surface area contributed by atoms with Gasteiger partial charge in [-0.1, -0.05) is 17.7 Å². The zero-order chi connectivity index (χ0) is 8.72. The third kappa shape index (κ3) is 1.20. The highest BCUT2D eigenvalue weighted by atomic mass is 127. The number of aromatic hydroxyl groups is 1. The number of fused-ring (bicyclic) bond motifs is 1. The monoisotopic (exact) mass is 310 g/mol. The number of halogens is 2. The second-order valence-electron chi connectivity index (χ2n) is 2.34. The molecule has 0 saturated carbocycles. The molecular formula is C8H4ClIOS. The highest BCUT2D eigenvalue weighted by Gasteiger charge is 2.09. The Hall–Kier alpha value is 0. The minimum Gasteiger partial charge on any atom is -0.505 e. The Labute approximate surface area is 92.1 Å². The van der Waals surface area contributed by atoms with E-state index in [2.05, 4.69) is 22.6 Å². The summed E-state index contributed by atoms with van der Waals surface area (Å²) in [6, 6.07) is 5.54. The van der Waals surface area contributed by atoms with Crippen molar-refractivity contribution in [1.29, 1.82) is 0 Å². The van der Waals surface area contributed by atoms with Gasteiger partial charge in [0.1, 0.15) is 8.63 Å². The van der Waals surface area contributed by atoms with E-state index in [-0.39, 0.29) is 0 Å². The van der Waals surface area contributed by atoms with Crippen molar-refractivity contribution in [2.45, 2.75) is 0 Å². The van der Waals surface area contributed by atoms with Gasteiger partial charge in [-0.25, -0.2) is 0 Å². The lowest BCUT2D eigenvalue weighted by molar-refractivity contribution is 0.480. The van der Waals surface area contributed by atoms with E-state index in [1.165, 1.54) is 11.3 Å². The van der Waals surface area contributed by atoms with Crippen molar-refractivity contribution in [3.63, 3.8) is 0 Å². The number of hydrogen-bond donors (Lipinski definition) is 1. The fraction of sp³-hybridized carbons (Fsp3) is 0. The third-order valence-electron chi connectivity index (χ3n) is 1.60. The molecule has 1 aromatic carbocycles. The lowest BCUT2D eigenvalue weighted by atomic mass is 10.2. The van der Waals surface area contributed by atoms with Gasteiger partial charge in [-0.2, -0.15) is 0 Å². The van der Waals surface area contributed by atoms with Gasteiger partial charge in [-0.05, 0) is 34.7 Å². The molecule has 0 aliphatic rings. The van der Waals surface area contributed by atoms with Crippen molar-refractivity contribution in [3.8, 4) is 5.75 Å². The summed E-state index contributed by atoms with van der Waals surface area (Å²) < 4.78 is 1.84. The molecule has 1 heterocycles. The Kier molecular flexibility index (Phi) is 2.18. The van der Waals surface area contributed by atoms with Crippen LogP contribution in [-0.4, -0.2) is 5.11 Å². The lowest BCUT2D eigenvalue weighted by Gasteiger charge is -1.91. The molecule has 0 fully saturated rings. The molecule has 1 N–H and O–H groups in total. The topological polar surface area (TPSA) is 20.2 Å². The zero-order valence-electron chi connectivity index (χ0n) is 5.84. The van der Waals surface area contributed by atoms with Crippen molar-refractivity contribution in [1.82, 2.24) is 0 Å². The smallest absolute Gasteiger partial charge is 0.147 e. The van der Waals surface area contributed by atoms with Crippen LogP contribution in [-0.2, 0) is 0 Å². The van der Waals surface area contributed by atoms with Gasteiger partial charge < -0.3 is 5.11 Å². The van der Waals surface area contributed by atoms with E-state index in [4.69, 9.17) is 11.6 Å². The van der Waals surface area contributed by atoms with E-state index in [0.717, 1.165) is 13.0 Å². The minimum atomic E-state index is 0.345. The van der Waals surface area contributed by atoms with Crippen LogP contribution in [0.15, 0.2) is 18.2 Å². The van der Waals surface area contributed by atoms with Gasteiger partial charge in [0.25, 0.3) is 0 Å². The predicted molar refractivity (Wildman–Crippen MR) is 61.2 cm³/mol. The molecule has 0 spiro atoms. The molecule has 0 bridgehead atoms. The second kappa shape index (κ2) is 3.05. The molecule has 1 aromatic heterocycles. The van der Waals surface area contributed by atoms with Gasteiger partial charge in [0.05, 0.1) is 9.72 Å². The van der Waals surface area contributed by atoms with Crippen molar-refractivity contribution in [2.24, 2.45) is 0 Å². The van der Waals surface area contributed by atoms with Crippen LogP contribution in [0.2, 0.25) is 5.02 Å². The van der Waals surface area contributed by atoms with Crippen molar-refractivity contribution >= 4 is 55.6 Å². The Morgan fingerprint density at radius 3 is 2.83 bits per heavy atom. The maximum Gasteiger partial charge on any atom is 0.147 e. The third-order valence-corrected chi connectivity index (χ3v) is 4.21. The van der Waals surface area contributed by atoms with Crippen LogP contribution in [0.5, 0.6) is 5.75 Å². The average Bonchev–Trinajstić information content (AvgIpc) is 2.32. The predicted octanol–water partition coefficient (Wildman–Crippen LogP) is 3.86. The molecule has 0 atom stereocenters. The standard InChI is InChI=1S/C8H4ClIOS/c9-5-3-1-2-4-6(11)8(10)12-7(4)5/h1-3,11H. The maximum absolute atomic E-state index is 9.57. The van der Waals surface area contributed by atoms with Gasteiger partial charge >= 0.3 is 0 Å². The summed E-state index contributed by atoms with van der Waals surface area (Å²) in [5, 5.41) is 11.1. The van der Waals surface area contributed by atoms with Crippen LogP contribution >= 0.6 is 45.5 Å². The maximum atomic E-state index is 9.57. The molecule has 2 rings (SSSR count). The first kappa shape index (κ1) is 8.59. The molecule has 0 radical (unpaired) electrons. The van der Waals surface area contributed by atoms with Crippen LogP contribution in [0.3, 0.4) is 0 Å². The van der Waals surface area contributed by atoms with E-state index >= 15 is 0 Å². The average molecular weight is 311 g/mol. The van der Waals surface area contributed by atoms with E-state index in [1.807, 2.05) is 18.2 Å². The van der Waals surface area contributed by atoms with E-state index < -0.39 is 0 Å². The molecule has 12 heavy (non-hydrogen) atoms. The molecule has 0 aliphatic carbocycles. The normalized spacial score (nSPS) is 10.8. The van der Waals surface area contributed by atoms with Crippen LogP contribution in [0, 0.1) is 2.88 Å². The number of thiophene rings is 1. The number of benzene rings is 1. The van der Waals surface area contributed by atoms with Crippen molar-refractivity contribution in [3.05, 3.63) is 26.1 Å². The summed E-state index contributed by atoms with van der Waals surface area (Å²) in [5.74, 6) is 0.345. The van der Waals surface area contributed by atoms with E-state index in [1.54, 1.807) is 0 Å². The van der Waals surface area contributed by atoms with Gasteiger partial charge in [-0.15, -0.1) is 11.3 Å². The molecule has 4 heteroatoms. The summed E-state index contributed by atoms with van der Waals surface area (Å²) in [5.41, 5.74) is 0. The number of rotatable bonds is 0. The van der Waals surface area contributed by atoms with Gasteiger partial charge in [-0.3, -0.25) is 0 Å². The summed E-state index contributed by atoms with van der Waals surface area (Å²) in [6.45, 7) is 0. The first-order valence-corrected chi connectivity index (χ1v) is 5.53. The van der Waals surface area contributed by atoms with Crippen molar-refractivity contribution in [2.75, 3.05) is 0 Å². The van der Waals surface area contributed by atoms with Crippen LogP contribution < -0.4 is 0 Å². The Morgan fingerprint density at radius 2 is 2.17 bits per heavy atom. The molecule has 0 amide bonds. The van der Waals surface area contributed by atoms with Gasteiger partial charge in [0, 0.05) is 5.39 Å². The molecule has 62 valence electrons. The molecule has 0 unspecified atom stereocenters. The Bertz CT molecular complexity index is 438. The molecule has 0 aliphatic heterocycles. The van der Waals surface area contributed by atoms with Crippen molar-refractivity contribution < 1.29 is 5.11 Å². The quantitative estimate of drug-likeness (QED) is 0.733. The van der Waals surface area contributed by atoms with E-state index in [9.17, 15) is 5.11 Å². The molecule has 0 saturated heterocycles. The fourth-order valence-electron chi connectivity index (χ4n) is 1.04. The lowest BCUT2D eigenvalue weighted by Crippen LogP contribution is -1.65. The zero-order valence-corrected chi connectivity index (χ0v) is 9.57. The highest BCUT2D eigenvalue weighted by Crippen LogP contribution is 2.40. The van der Waals surface area contributed by atoms with Crippen LogP contribution in [0.25, 0.3) is 10.1 Å². The summed E-state index contributed by atoms with van der Waals surface area (Å²) in [6.07, 6.45) is 0. The fourth-order valence-corrected chi connectivity index (χ4v) is 3.11. The van der Waals surface area contributed by atoms with Gasteiger partial charge in [0.15, 0.2) is 0 Å². The number of hydrogen-bond acceptors (Lipinski definition) is 2.